The van der Waals surface area contributed by atoms with E-state index in [0.717, 1.165) is 36.6 Å². The lowest BCUT2D eigenvalue weighted by Gasteiger charge is -2.12. The predicted octanol–water partition coefficient (Wildman–Crippen LogP) is 3.09. The minimum atomic E-state index is 0.224. The molecule has 1 saturated heterocycles. The van der Waals surface area contributed by atoms with Gasteiger partial charge in [0.2, 0.25) is 5.95 Å². The van der Waals surface area contributed by atoms with Crippen LogP contribution in [0.3, 0.4) is 0 Å². The van der Waals surface area contributed by atoms with E-state index in [1.165, 1.54) is 0 Å². The van der Waals surface area contributed by atoms with Gasteiger partial charge in [-0.2, -0.15) is 0 Å². The fourth-order valence-electron chi connectivity index (χ4n) is 2.27. The van der Waals surface area contributed by atoms with Crippen molar-refractivity contribution < 1.29 is 9.47 Å². The molecule has 1 aromatic carbocycles. The Morgan fingerprint density at radius 2 is 2.33 bits per heavy atom. The molecule has 5 nitrogen and oxygen atoms in total. The molecule has 1 N–H and O–H groups in total. The molecule has 1 aromatic heterocycles. The van der Waals surface area contributed by atoms with Crippen LogP contribution in [0.15, 0.2) is 36.5 Å². The van der Waals surface area contributed by atoms with Crippen molar-refractivity contribution in [2.24, 2.45) is 0 Å². The molecule has 0 bridgehead atoms. The second kappa shape index (κ2) is 6.54. The maximum atomic E-state index is 5.79. The van der Waals surface area contributed by atoms with Gasteiger partial charge in [0.15, 0.2) is 0 Å². The van der Waals surface area contributed by atoms with E-state index in [4.69, 9.17) is 9.47 Å². The van der Waals surface area contributed by atoms with Gasteiger partial charge in [0.05, 0.1) is 6.10 Å². The Labute approximate surface area is 124 Å². The van der Waals surface area contributed by atoms with Crippen LogP contribution in [0.2, 0.25) is 0 Å². The molecule has 1 unspecified atom stereocenters. The first-order chi connectivity index (χ1) is 10.3. The normalized spacial score (nSPS) is 17.7. The third-order valence-corrected chi connectivity index (χ3v) is 3.34. The molecule has 0 amide bonds. The number of aryl methyl sites for hydroxylation is 1. The first kappa shape index (κ1) is 13.8. The predicted molar refractivity (Wildman–Crippen MR) is 81.0 cm³/mol. The Hall–Kier alpha value is -2.14. The molecule has 2 aromatic rings. The third-order valence-electron chi connectivity index (χ3n) is 3.34. The maximum Gasteiger partial charge on any atom is 0.227 e. The van der Waals surface area contributed by atoms with Crippen molar-refractivity contribution in [3.05, 3.63) is 42.2 Å². The fourth-order valence-corrected chi connectivity index (χ4v) is 2.27. The number of benzene rings is 1. The second-order valence-electron chi connectivity index (χ2n) is 5.12. The second-order valence-corrected chi connectivity index (χ2v) is 5.12. The van der Waals surface area contributed by atoms with Crippen molar-refractivity contribution in [2.75, 3.05) is 18.5 Å². The number of hydrogen-bond donors (Lipinski definition) is 1. The zero-order valence-corrected chi connectivity index (χ0v) is 12.1. The summed E-state index contributed by atoms with van der Waals surface area (Å²) >= 11 is 0. The summed E-state index contributed by atoms with van der Waals surface area (Å²) in [7, 11) is 0. The number of nitrogens with one attached hydrogen (secondary N) is 1. The molecule has 1 aliphatic rings. The van der Waals surface area contributed by atoms with Crippen LogP contribution in [0, 0.1) is 6.92 Å². The topological polar surface area (TPSA) is 56.3 Å². The lowest BCUT2D eigenvalue weighted by Crippen LogP contribution is -2.16. The van der Waals surface area contributed by atoms with E-state index in [-0.39, 0.29) is 6.10 Å². The molecule has 0 spiro atoms. The third kappa shape index (κ3) is 3.92. The van der Waals surface area contributed by atoms with Crippen molar-refractivity contribution in [3.8, 4) is 5.75 Å². The van der Waals surface area contributed by atoms with Crippen molar-refractivity contribution >= 4 is 11.6 Å². The quantitative estimate of drug-likeness (QED) is 0.915. The van der Waals surface area contributed by atoms with Gasteiger partial charge >= 0.3 is 0 Å². The van der Waals surface area contributed by atoms with Gasteiger partial charge < -0.3 is 14.8 Å². The van der Waals surface area contributed by atoms with E-state index in [0.29, 0.717) is 12.6 Å². The molecule has 2 heterocycles. The highest BCUT2D eigenvalue weighted by atomic mass is 16.5. The van der Waals surface area contributed by atoms with Crippen LogP contribution in [0.4, 0.5) is 11.6 Å². The van der Waals surface area contributed by atoms with Gasteiger partial charge in [-0.3, -0.25) is 0 Å². The first-order valence-corrected chi connectivity index (χ1v) is 7.21. The lowest BCUT2D eigenvalue weighted by molar-refractivity contribution is 0.0680. The molecule has 0 saturated carbocycles. The van der Waals surface area contributed by atoms with Crippen LogP contribution in [-0.2, 0) is 4.74 Å². The molecule has 1 atom stereocenters. The van der Waals surface area contributed by atoms with Crippen molar-refractivity contribution in [1.29, 1.82) is 0 Å². The van der Waals surface area contributed by atoms with Gasteiger partial charge in [-0.15, -0.1) is 0 Å². The van der Waals surface area contributed by atoms with Gasteiger partial charge in [-0.1, -0.05) is 6.07 Å². The minimum Gasteiger partial charge on any atom is -0.491 e. The number of nitrogens with zero attached hydrogens (tertiary/aromatic N) is 2. The van der Waals surface area contributed by atoms with E-state index in [1.54, 1.807) is 6.20 Å². The lowest BCUT2D eigenvalue weighted by atomic mass is 10.2. The number of hydrogen-bond acceptors (Lipinski definition) is 5. The van der Waals surface area contributed by atoms with Gasteiger partial charge in [-0.05, 0) is 38.0 Å². The number of aromatic nitrogens is 2. The highest BCUT2D eigenvalue weighted by Crippen LogP contribution is 2.21. The van der Waals surface area contributed by atoms with E-state index in [2.05, 4.69) is 15.3 Å². The van der Waals surface area contributed by atoms with E-state index in [1.807, 2.05) is 37.3 Å². The molecular weight excluding hydrogens is 266 g/mol. The monoisotopic (exact) mass is 285 g/mol. The standard InChI is InChI=1S/C16H19N3O2/c1-12-7-8-17-16(18-12)19-13-4-2-5-14(10-13)21-11-15-6-3-9-20-15/h2,4-5,7-8,10,15H,3,6,9,11H2,1H3,(H,17,18,19). The van der Waals surface area contributed by atoms with Crippen LogP contribution < -0.4 is 10.1 Å². The Bertz CT molecular complexity index is 598. The molecule has 0 aliphatic carbocycles. The minimum absolute atomic E-state index is 0.224. The van der Waals surface area contributed by atoms with Gasteiger partial charge in [0.25, 0.3) is 0 Å². The summed E-state index contributed by atoms with van der Waals surface area (Å²) in [6.07, 6.45) is 4.17. The average molecular weight is 285 g/mol. The van der Waals surface area contributed by atoms with Crippen LogP contribution in [0.25, 0.3) is 0 Å². The molecular formula is C16H19N3O2. The average Bonchev–Trinajstić information content (AvgIpc) is 2.99. The molecule has 110 valence electrons. The highest BCUT2D eigenvalue weighted by Gasteiger charge is 2.15. The summed E-state index contributed by atoms with van der Waals surface area (Å²) in [5, 5.41) is 3.18. The van der Waals surface area contributed by atoms with Crippen LogP contribution in [0.1, 0.15) is 18.5 Å². The highest BCUT2D eigenvalue weighted by molar-refractivity contribution is 5.55. The Kier molecular flexibility index (Phi) is 4.31. The van der Waals surface area contributed by atoms with E-state index in [9.17, 15) is 0 Å². The summed E-state index contributed by atoms with van der Waals surface area (Å²) in [6.45, 7) is 3.39. The fraction of sp³-hybridized carbons (Fsp3) is 0.375. The summed E-state index contributed by atoms with van der Waals surface area (Å²) in [6, 6.07) is 9.66. The Morgan fingerprint density at radius 1 is 1.38 bits per heavy atom. The molecule has 21 heavy (non-hydrogen) atoms. The number of anilines is 2. The first-order valence-electron chi connectivity index (χ1n) is 7.21. The molecule has 1 aliphatic heterocycles. The molecule has 1 fully saturated rings. The summed E-state index contributed by atoms with van der Waals surface area (Å²) < 4.78 is 11.3. The largest absolute Gasteiger partial charge is 0.491 e. The molecule has 0 radical (unpaired) electrons. The van der Waals surface area contributed by atoms with Crippen LogP contribution in [0.5, 0.6) is 5.75 Å². The summed E-state index contributed by atoms with van der Waals surface area (Å²) in [5.41, 5.74) is 1.84. The van der Waals surface area contributed by atoms with Crippen LogP contribution >= 0.6 is 0 Å². The smallest absolute Gasteiger partial charge is 0.227 e. The Morgan fingerprint density at radius 3 is 3.14 bits per heavy atom. The van der Waals surface area contributed by atoms with Gasteiger partial charge in [-0.25, -0.2) is 9.97 Å². The molecule has 5 heteroatoms. The van der Waals surface area contributed by atoms with E-state index < -0.39 is 0 Å². The van der Waals surface area contributed by atoms with Crippen molar-refractivity contribution in [2.45, 2.75) is 25.9 Å². The van der Waals surface area contributed by atoms with Crippen molar-refractivity contribution in [1.82, 2.24) is 9.97 Å². The van der Waals surface area contributed by atoms with Crippen LogP contribution in [-0.4, -0.2) is 29.3 Å². The van der Waals surface area contributed by atoms with E-state index >= 15 is 0 Å². The maximum absolute atomic E-state index is 5.79. The number of rotatable bonds is 5. The zero-order valence-electron chi connectivity index (χ0n) is 12.1. The van der Waals surface area contributed by atoms with Gasteiger partial charge in [0, 0.05) is 30.3 Å². The SMILES string of the molecule is Cc1ccnc(Nc2cccc(OCC3CCCO3)c2)n1. The summed E-state index contributed by atoms with van der Waals surface area (Å²) in [5.74, 6) is 1.41. The van der Waals surface area contributed by atoms with Gasteiger partial charge in [0.1, 0.15) is 12.4 Å². The zero-order chi connectivity index (χ0) is 14.5. The van der Waals surface area contributed by atoms with Crippen molar-refractivity contribution in [3.63, 3.8) is 0 Å². The summed E-state index contributed by atoms with van der Waals surface area (Å²) in [4.78, 5) is 8.51. The molecule has 3 rings (SSSR count). The Balaban J connectivity index is 1.62. The number of ether oxygens (including phenoxy) is 2.